The number of aromatic nitrogens is 1. The molecule has 3 rings (SSSR count). The van der Waals surface area contributed by atoms with E-state index in [0.717, 1.165) is 10.9 Å². The van der Waals surface area contributed by atoms with Crippen molar-refractivity contribution in [3.05, 3.63) is 53.7 Å². The Morgan fingerprint density at radius 3 is 2.43 bits per heavy atom. The van der Waals surface area contributed by atoms with Crippen molar-refractivity contribution in [1.82, 2.24) is 4.57 Å². The predicted octanol–water partition coefficient (Wildman–Crippen LogP) is 3.56. The number of amides is 1. The van der Waals surface area contributed by atoms with E-state index in [4.69, 9.17) is 9.47 Å². The molecule has 0 saturated heterocycles. The lowest BCUT2D eigenvalue weighted by Gasteiger charge is -2.11. The van der Waals surface area contributed by atoms with Crippen LogP contribution in [0.3, 0.4) is 0 Å². The monoisotopic (exact) mass is 382 g/mol. The molecular weight excluding hydrogens is 360 g/mol. The number of carboxylic acid groups (broad SMARTS) is 1. The second-order valence-corrected chi connectivity index (χ2v) is 6.19. The van der Waals surface area contributed by atoms with E-state index >= 15 is 0 Å². The van der Waals surface area contributed by atoms with Crippen molar-refractivity contribution in [2.75, 3.05) is 19.5 Å². The van der Waals surface area contributed by atoms with Gasteiger partial charge in [-0.05, 0) is 25.1 Å². The molecule has 1 aromatic heterocycles. The average molecular weight is 382 g/mol. The lowest BCUT2D eigenvalue weighted by Crippen LogP contribution is -2.17. The highest BCUT2D eigenvalue weighted by molar-refractivity contribution is 6.02. The van der Waals surface area contributed by atoms with Crippen molar-refractivity contribution < 1.29 is 24.2 Å². The van der Waals surface area contributed by atoms with Crippen molar-refractivity contribution in [2.24, 2.45) is 0 Å². The third kappa shape index (κ3) is 3.51. The van der Waals surface area contributed by atoms with Crippen LogP contribution in [0.1, 0.15) is 23.0 Å². The fraction of sp³-hybridized carbons (Fsp3) is 0.238. The molecule has 0 bridgehead atoms. The number of carbonyl (C=O) groups is 2. The first-order chi connectivity index (χ1) is 13.5. The maximum Gasteiger partial charge on any atom is 0.352 e. The molecule has 0 fully saturated rings. The summed E-state index contributed by atoms with van der Waals surface area (Å²) in [5, 5.41) is 13.3. The number of benzene rings is 2. The Kier molecular flexibility index (Phi) is 5.54. The molecule has 0 aliphatic heterocycles. The van der Waals surface area contributed by atoms with Gasteiger partial charge in [0.25, 0.3) is 0 Å². The summed E-state index contributed by atoms with van der Waals surface area (Å²) in [6.45, 7) is 2.38. The van der Waals surface area contributed by atoms with Crippen molar-refractivity contribution in [3.63, 3.8) is 0 Å². The summed E-state index contributed by atoms with van der Waals surface area (Å²) in [5.41, 5.74) is 1.99. The summed E-state index contributed by atoms with van der Waals surface area (Å²) in [7, 11) is 3.05. The second-order valence-electron chi connectivity index (χ2n) is 6.19. The molecule has 7 nitrogen and oxygen atoms in total. The molecule has 2 aromatic carbocycles. The van der Waals surface area contributed by atoms with Gasteiger partial charge in [-0.2, -0.15) is 0 Å². The Labute approximate surface area is 162 Å². The minimum Gasteiger partial charge on any atom is -0.493 e. The first-order valence-corrected chi connectivity index (χ1v) is 8.85. The number of nitrogens with zero attached hydrogens (tertiary/aromatic N) is 1. The third-order valence-electron chi connectivity index (χ3n) is 4.60. The topological polar surface area (TPSA) is 89.8 Å². The third-order valence-corrected chi connectivity index (χ3v) is 4.60. The van der Waals surface area contributed by atoms with Gasteiger partial charge in [-0.15, -0.1) is 0 Å². The molecule has 3 aromatic rings. The zero-order valence-corrected chi connectivity index (χ0v) is 16.0. The number of anilines is 1. The van der Waals surface area contributed by atoms with Crippen LogP contribution in [-0.4, -0.2) is 35.8 Å². The van der Waals surface area contributed by atoms with Crippen LogP contribution in [0.5, 0.6) is 11.5 Å². The van der Waals surface area contributed by atoms with Crippen LogP contribution in [0.15, 0.2) is 42.5 Å². The Hall–Kier alpha value is -3.48. The lowest BCUT2D eigenvalue weighted by atomic mass is 10.1. The molecule has 0 saturated carbocycles. The number of rotatable bonds is 7. The molecule has 1 heterocycles. The molecule has 7 heteroatoms. The van der Waals surface area contributed by atoms with Gasteiger partial charge in [0.15, 0.2) is 11.5 Å². The fourth-order valence-corrected chi connectivity index (χ4v) is 3.41. The number of aryl methyl sites for hydroxylation is 1. The van der Waals surface area contributed by atoms with Gasteiger partial charge in [0.1, 0.15) is 5.69 Å². The van der Waals surface area contributed by atoms with Gasteiger partial charge < -0.3 is 24.5 Å². The predicted molar refractivity (Wildman–Crippen MR) is 106 cm³/mol. The van der Waals surface area contributed by atoms with Gasteiger partial charge >= 0.3 is 5.97 Å². The molecule has 0 spiro atoms. The van der Waals surface area contributed by atoms with Gasteiger partial charge in [0.2, 0.25) is 5.91 Å². The standard InChI is InChI=1S/C21H22N2O5/c1-4-23-16-8-6-5-7-14(16)15(20(23)21(25)26)12-19(24)22-13-9-10-17(27-2)18(11-13)28-3/h5-11H,4,12H2,1-3H3,(H,22,24)(H,25,26). The van der Waals surface area contributed by atoms with Crippen molar-refractivity contribution in [3.8, 4) is 11.5 Å². The van der Waals surface area contributed by atoms with Crippen LogP contribution in [0.25, 0.3) is 10.9 Å². The summed E-state index contributed by atoms with van der Waals surface area (Å²) in [6.07, 6.45) is -0.0521. The number of hydrogen-bond acceptors (Lipinski definition) is 4. The minimum atomic E-state index is -1.05. The number of aromatic carboxylic acids is 1. The smallest absolute Gasteiger partial charge is 0.352 e. The van der Waals surface area contributed by atoms with Crippen molar-refractivity contribution in [1.29, 1.82) is 0 Å². The van der Waals surface area contributed by atoms with E-state index in [1.54, 1.807) is 22.8 Å². The first kappa shape index (κ1) is 19.3. The zero-order valence-electron chi connectivity index (χ0n) is 16.0. The Balaban J connectivity index is 1.93. The summed E-state index contributed by atoms with van der Waals surface area (Å²) >= 11 is 0. The molecular formula is C21H22N2O5. The SMILES string of the molecule is CCn1c(C(=O)O)c(CC(=O)Nc2ccc(OC)c(OC)c2)c2ccccc21. The number of para-hydroxylation sites is 1. The van der Waals surface area contributed by atoms with Crippen molar-refractivity contribution >= 4 is 28.5 Å². The molecule has 2 N–H and O–H groups in total. The van der Waals surface area contributed by atoms with Gasteiger partial charge in [-0.25, -0.2) is 4.79 Å². The van der Waals surface area contributed by atoms with Crippen LogP contribution in [0.4, 0.5) is 5.69 Å². The highest BCUT2D eigenvalue weighted by atomic mass is 16.5. The lowest BCUT2D eigenvalue weighted by molar-refractivity contribution is -0.115. The van der Waals surface area contributed by atoms with E-state index in [1.807, 2.05) is 31.2 Å². The van der Waals surface area contributed by atoms with E-state index in [-0.39, 0.29) is 18.0 Å². The summed E-state index contributed by atoms with van der Waals surface area (Å²) in [6, 6.07) is 12.4. The van der Waals surface area contributed by atoms with E-state index < -0.39 is 5.97 Å². The fourth-order valence-electron chi connectivity index (χ4n) is 3.41. The van der Waals surface area contributed by atoms with E-state index in [2.05, 4.69) is 5.32 Å². The van der Waals surface area contributed by atoms with Crippen LogP contribution in [0.2, 0.25) is 0 Å². The largest absolute Gasteiger partial charge is 0.493 e. The van der Waals surface area contributed by atoms with Gasteiger partial charge in [-0.3, -0.25) is 4.79 Å². The number of carboxylic acids is 1. The molecule has 146 valence electrons. The van der Waals surface area contributed by atoms with E-state index in [0.29, 0.717) is 29.3 Å². The number of ether oxygens (including phenoxy) is 2. The van der Waals surface area contributed by atoms with Gasteiger partial charge in [0.05, 0.1) is 20.6 Å². The molecule has 0 unspecified atom stereocenters. The summed E-state index contributed by atoms with van der Waals surface area (Å²) in [5.74, 6) is -0.311. The maximum absolute atomic E-state index is 12.7. The number of carbonyl (C=O) groups excluding carboxylic acids is 1. The second kappa shape index (κ2) is 8.04. The van der Waals surface area contributed by atoms with Crippen LogP contribution < -0.4 is 14.8 Å². The maximum atomic E-state index is 12.7. The van der Waals surface area contributed by atoms with Gasteiger partial charge in [-0.1, -0.05) is 18.2 Å². The summed E-state index contributed by atoms with van der Waals surface area (Å²) < 4.78 is 12.2. The normalized spacial score (nSPS) is 10.7. The van der Waals surface area contributed by atoms with Gasteiger partial charge in [0, 0.05) is 34.8 Å². The quantitative estimate of drug-likeness (QED) is 0.652. The zero-order chi connectivity index (χ0) is 20.3. The number of hydrogen-bond donors (Lipinski definition) is 2. The number of fused-ring (bicyclic) bond motifs is 1. The Bertz CT molecular complexity index is 1040. The molecule has 1 amide bonds. The highest BCUT2D eigenvalue weighted by Gasteiger charge is 2.23. The molecule has 28 heavy (non-hydrogen) atoms. The highest BCUT2D eigenvalue weighted by Crippen LogP contribution is 2.30. The van der Waals surface area contributed by atoms with E-state index in [9.17, 15) is 14.7 Å². The Morgan fingerprint density at radius 2 is 1.79 bits per heavy atom. The molecule has 0 radical (unpaired) electrons. The number of methoxy groups -OCH3 is 2. The van der Waals surface area contributed by atoms with Crippen LogP contribution >= 0.6 is 0 Å². The van der Waals surface area contributed by atoms with Crippen LogP contribution in [0, 0.1) is 0 Å². The summed E-state index contributed by atoms with van der Waals surface area (Å²) in [4.78, 5) is 24.5. The first-order valence-electron chi connectivity index (χ1n) is 8.85. The van der Waals surface area contributed by atoms with Crippen molar-refractivity contribution in [2.45, 2.75) is 19.9 Å². The average Bonchev–Trinajstić information content (AvgIpc) is 3.01. The minimum absolute atomic E-state index is 0.0521. The van der Waals surface area contributed by atoms with Crippen LogP contribution in [-0.2, 0) is 17.8 Å². The molecule has 0 aliphatic rings. The number of nitrogens with one attached hydrogen (secondary N) is 1. The Morgan fingerprint density at radius 1 is 1.07 bits per heavy atom. The molecule has 0 atom stereocenters. The van der Waals surface area contributed by atoms with E-state index in [1.165, 1.54) is 14.2 Å². The molecule has 0 aliphatic carbocycles.